The first-order chi connectivity index (χ1) is 8.21. The fraction of sp³-hybridized carbons (Fsp3) is 0.500. The van der Waals surface area contributed by atoms with Crippen LogP contribution in [-0.4, -0.2) is 28.9 Å². The summed E-state index contributed by atoms with van der Waals surface area (Å²) in [6.45, 7) is 1.73. The lowest BCUT2D eigenvalue weighted by atomic mass is 10.2. The van der Waals surface area contributed by atoms with Gasteiger partial charge in [0.25, 0.3) is 0 Å². The number of nitrogens with one attached hydrogen (secondary N) is 1. The number of alkyl halides is 3. The molecule has 8 heteroatoms. The zero-order valence-corrected chi connectivity index (χ0v) is 9.99. The maximum absolute atomic E-state index is 12.5. The third-order valence-electron chi connectivity index (χ3n) is 2.43. The third-order valence-corrected chi connectivity index (χ3v) is 2.43. The van der Waals surface area contributed by atoms with Gasteiger partial charge in [0.2, 0.25) is 5.95 Å². The number of nitrogens with two attached hydrogens (primary N) is 1. The molecule has 100 valence electrons. The van der Waals surface area contributed by atoms with Crippen LogP contribution in [0.5, 0.6) is 0 Å². The number of hydrogen-bond acceptors (Lipinski definition) is 4. The van der Waals surface area contributed by atoms with Gasteiger partial charge < -0.3 is 10.6 Å². The summed E-state index contributed by atoms with van der Waals surface area (Å²) >= 11 is 0. The number of aromatic nitrogens is 2. The summed E-state index contributed by atoms with van der Waals surface area (Å²) in [5, 5.41) is 7.15. The van der Waals surface area contributed by atoms with Crippen LogP contribution in [0.3, 0.4) is 0 Å². The van der Waals surface area contributed by atoms with Gasteiger partial charge in [-0.05, 0) is 13.0 Å². The quantitative estimate of drug-likeness (QED) is 0.638. The molecule has 0 aliphatic rings. The summed E-state index contributed by atoms with van der Waals surface area (Å²) < 4.78 is 37.4. The number of anilines is 1. The fourth-order valence-corrected chi connectivity index (χ4v) is 1.33. The monoisotopic (exact) mass is 261 g/mol. The minimum atomic E-state index is -4.50. The van der Waals surface area contributed by atoms with Gasteiger partial charge in [-0.15, -0.1) is 0 Å². The zero-order chi connectivity index (χ0) is 13.9. The van der Waals surface area contributed by atoms with E-state index in [-0.39, 0.29) is 24.2 Å². The Morgan fingerprint density at radius 1 is 1.56 bits per heavy atom. The smallest absolute Gasteiger partial charge is 0.388 e. The second-order valence-electron chi connectivity index (χ2n) is 3.93. The van der Waals surface area contributed by atoms with Crippen molar-refractivity contribution in [1.29, 1.82) is 5.41 Å². The molecule has 0 aromatic carbocycles. The molecule has 5 nitrogen and oxygen atoms in total. The minimum Gasteiger partial charge on any atom is -0.388 e. The Kier molecular flexibility index (Phi) is 4.10. The van der Waals surface area contributed by atoms with E-state index in [4.69, 9.17) is 11.1 Å². The van der Waals surface area contributed by atoms with E-state index in [1.54, 1.807) is 14.0 Å². The molecule has 1 aromatic rings. The number of hydrogen-bond donors (Lipinski definition) is 2. The standard InChI is InChI=1S/C10H14F3N5/c1-6(5-8(14)15)18(2)9-16-4-3-7(17-9)10(11,12)13/h3-4,6H,5H2,1-2H3,(H3,14,15). The summed E-state index contributed by atoms with van der Waals surface area (Å²) in [4.78, 5) is 8.69. The first kappa shape index (κ1) is 14.2. The molecule has 0 bridgehead atoms. The maximum Gasteiger partial charge on any atom is 0.433 e. The number of halogens is 3. The van der Waals surface area contributed by atoms with Crippen molar-refractivity contribution in [3.63, 3.8) is 0 Å². The Labute approximate surface area is 102 Å². The van der Waals surface area contributed by atoms with Crippen LogP contribution in [0, 0.1) is 5.41 Å². The number of nitrogens with zero attached hydrogens (tertiary/aromatic N) is 3. The first-order valence-corrected chi connectivity index (χ1v) is 5.17. The van der Waals surface area contributed by atoms with E-state index in [1.165, 1.54) is 4.90 Å². The lowest BCUT2D eigenvalue weighted by Gasteiger charge is -2.24. The van der Waals surface area contributed by atoms with E-state index >= 15 is 0 Å². The molecule has 3 N–H and O–H groups in total. The minimum absolute atomic E-state index is 0.0404. The molecular weight excluding hydrogens is 247 g/mol. The normalized spacial score (nSPS) is 13.2. The Morgan fingerprint density at radius 3 is 2.67 bits per heavy atom. The van der Waals surface area contributed by atoms with Gasteiger partial charge in [-0.25, -0.2) is 9.97 Å². The maximum atomic E-state index is 12.5. The largest absolute Gasteiger partial charge is 0.433 e. The molecule has 0 amide bonds. The average molecular weight is 261 g/mol. The van der Waals surface area contributed by atoms with Gasteiger partial charge in [0.15, 0.2) is 0 Å². The van der Waals surface area contributed by atoms with Gasteiger partial charge in [0.1, 0.15) is 5.69 Å². The van der Waals surface area contributed by atoms with Gasteiger partial charge in [0, 0.05) is 25.7 Å². The van der Waals surface area contributed by atoms with Crippen LogP contribution < -0.4 is 10.6 Å². The molecule has 0 spiro atoms. The molecule has 1 rings (SSSR count). The summed E-state index contributed by atoms with van der Waals surface area (Å²) in [5.41, 5.74) is 4.25. The molecule has 1 aromatic heterocycles. The third kappa shape index (κ3) is 3.57. The van der Waals surface area contributed by atoms with Gasteiger partial charge in [-0.2, -0.15) is 13.2 Å². The highest BCUT2D eigenvalue weighted by atomic mass is 19.4. The van der Waals surface area contributed by atoms with Crippen molar-refractivity contribution in [1.82, 2.24) is 9.97 Å². The second-order valence-corrected chi connectivity index (χ2v) is 3.93. The van der Waals surface area contributed by atoms with Gasteiger partial charge >= 0.3 is 6.18 Å². The van der Waals surface area contributed by atoms with Crippen molar-refractivity contribution in [3.8, 4) is 0 Å². The van der Waals surface area contributed by atoms with Crippen LogP contribution in [0.25, 0.3) is 0 Å². The molecule has 0 radical (unpaired) electrons. The topological polar surface area (TPSA) is 78.9 Å². The highest BCUT2D eigenvalue weighted by Crippen LogP contribution is 2.28. The summed E-state index contributed by atoms with van der Waals surface area (Å²) in [6, 6.07) is 0.554. The Hall–Kier alpha value is -1.86. The zero-order valence-electron chi connectivity index (χ0n) is 9.99. The summed E-state index contributed by atoms with van der Waals surface area (Å²) in [7, 11) is 1.56. The van der Waals surface area contributed by atoms with Crippen LogP contribution in [0.4, 0.5) is 19.1 Å². The van der Waals surface area contributed by atoms with E-state index in [1.807, 2.05) is 0 Å². The first-order valence-electron chi connectivity index (χ1n) is 5.17. The molecule has 1 unspecified atom stereocenters. The van der Waals surface area contributed by atoms with Crippen LogP contribution in [0.2, 0.25) is 0 Å². The highest BCUT2D eigenvalue weighted by Gasteiger charge is 2.33. The molecule has 0 saturated carbocycles. The molecule has 0 saturated heterocycles. The lowest BCUT2D eigenvalue weighted by Crippen LogP contribution is -2.34. The van der Waals surface area contributed by atoms with Gasteiger partial charge in [0.05, 0.1) is 5.84 Å². The molecule has 1 heterocycles. The lowest BCUT2D eigenvalue weighted by molar-refractivity contribution is -0.141. The number of rotatable bonds is 4. The SMILES string of the molecule is CC(CC(=N)N)N(C)c1nccc(C(F)(F)F)n1. The predicted octanol–water partition coefficient (Wildman–Crippen LogP) is 1.65. The van der Waals surface area contributed by atoms with Crippen molar-refractivity contribution >= 4 is 11.8 Å². The van der Waals surface area contributed by atoms with Crippen LogP contribution in [-0.2, 0) is 6.18 Å². The number of amidine groups is 1. The molecule has 0 aliphatic carbocycles. The van der Waals surface area contributed by atoms with E-state index in [9.17, 15) is 13.2 Å². The van der Waals surface area contributed by atoms with Gasteiger partial charge in [-0.3, -0.25) is 5.41 Å². The Morgan fingerprint density at radius 2 is 2.17 bits per heavy atom. The molecular formula is C10H14F3N5. The summed E-state index contributed by atoms with van der Waals surface area (Å²) in [6.07, 6.45) is -3.21. The van der Waals surface area contributed by atoms with E-state index in [0.29, 0.717) is 0 Å². The van der Waals surface area contributed by atoms with Crippen molar-refractivity contribution in [2.24, 2.45) is 5.73 Å². The molecule has 18 heavy (non-hydrogen) atoms. The Bertz CT molecular complexity index is 432. The van der Waals surface area contributed by atoms with Crippen LogP contribution in [0.1, 0.15) is 19.0 Å². The summed E-state index contributed by atoms with van der Waals surface area (Å²) in [5.74, 6) is -0.0834. The van der Waals surface area contributed by atoms with E-state index < -0.39 is 11.9 Å². The molecule has 0 fully saturated rings. The van der Waals surface area contributed by atoms with Crippen molar-refractivity contribution in [2.45, 2.75) is 25.6 Å². The average Bonchev–Trinajstić information content (AvgIpc) is 2.26. The van der Waals surface area contributed by atoms with Crippen molar-refractivity contribution in [3.05, 3.63) is 18.0 Å². The van der Waals surface area contributed by atoms with Gasteiger partial charge in [-0.1, -0.05) is 0 Å². The second kappa shape index (κ2) is 5.19. The fourth-order valence-electron chi connectivity index (χ4n) is 1.33. The molecule has 0 aliphatic heterocycles. The predicted molar refractivity (Wildman–Crippen MR) is 61.4 cm³/mol. The van der Waals surface area contributed by atoms with E-state index in [2.05, 4.69) is 9.97 Å². The van der Waals surface area contributed by atoms with E-state index in [0.717, 1.165) is 12.3 Å². The van der Waals surface area contributed by atoms with Crippen LogP contribution in [0.15, 0.2) is 12.3 Å². The molecule has 1 atom stereocenters. The Balaban J connectivity index is 2.93. The highest BCUT2D eigenvalue weighted by molar-refractivity contribution is 5.77. The van der Waals surface area contributed by atoms with Crippen molar-refractivity contribution in [2.75, 3.05) is 11.9 Å². The van der Waals surface area contributed by atoms with Crippen molar-refractivity contribution < 1.29 is 13.2 Å². The van der Waals surface area contributed by atoms with Crippen LogP contribution >= 0.6 is 0 Å².